The van der Waals surface area contributed by atoms with Crippen molar-refractivity contribution < 1.29 is 23.4 Å². The lowest BCUT2D eigenvalue weighted by Crippen LogP contribution is -2.13. The van der Waals surface area contributed by atoms with Crippen LogP contribution in [0.1, 0.15) is 23.2 Å². The van der Waals surface area contributed by atoms with E-state index in [1.54, 1.807) is 0 Å². The minimum absolute atomic E-state index is 0.0383. The molecule has 0 radical (unpaired) electrons. The summed E-state index contributed by atoms with van der Waals surface area (Å²) in [6.45, 7) is 0.0647. The molecular formula is C13H17NO5S. The van der Waals surface area contributed by atoms with Gasteiger partial charge in [-0.3, -0.25) is 0 Å². The molecule has 1 fully saturated rings. The van der Waals surface area contributed by atoms with Crippen LogP contribution < -0.4 is 5.32 Å². The first-order chi connectivity index (χ1) is 9.44. The molecule has 3 N–H and O–H groups in total. The molecule has 110 valence electrons. The SMILES string of the molecule is O=C(O)c1cc(S(=O)(=O)CC2CC2)ccc1NCCO. The van der Waals surface area contributed by atoms with E-state index in [0.29, 0.717) is 5.69 Å². The van der Waals surface area contributed by atoms with Crippen LogP contribution in [0.4, 0.5) is 5.69 Å². The second kappa shape index (κ2) is 5.80. The zero-order chi connectivity index (χ0) is 14.8. The molecule has 7 heteroatoms. The zero-order valence-corrected chi connectivity index (χ0v) is 11.7. The van der Waals surface area contributed by atoms with Gasteiger partial charge in [0.25, 0.3) is 0 Å². The van der Waals surface area contributed by atoms with Crippen molar-refractivity contribution in [2.24, 2.45) is 5.92 Å². The van der Waals surface area contributed by atoms with Gasteiger partial charge >= 0.3 is 5.97 Å². The van der Waals surface area contributed by atoms with Gasteiger partial charge in [-0.1, -0.05) is 0 Å². The Labute approximate surface area is 117 Å². The van der Waals surface area contributed by atoms with E-state index in [2.05, 4.69) is 5.32 Å². The lowest BCUT2D eigenvalue weighted by molar-refractivity contribution is 0.0697. The van der Waals surface area contributed by atoms with Crippen LogP contribution in [0.25, 0.3) is 0 Å². The Bertz CT molecular complexity index is 607. The van der Waals surface area contributed by atoms with Gasteiger partial charge in [0.05, 0.1) is 22.8 Å². The molecule has 0 unspecified atom stereocenters. The average Bonchev–Trinajstić information content (AvgIpc) is 3.19. The molecule has 1 aromatic carbocycles. The number of aliphatic hydroxyl groups is 1. The Morgan fingerprint density at radius 2 is 2.05 bits per heavy atom. The molecule has 1 aliphatic rings. The molecule has 20 heavy (non-hydrogen) atoms. The highest BCUT2D eigenvalue weighted by Crippen LogP contribution is 2.33. The number of aliphatic hydroxyl groups excluding tert-OH is 1. The number of benzene rings is 1. The summed E-state index contributed by atoms with van der Waals surface area (Å²) in [5.41, 5.74) is 0.201. The van der Waals surface area contributed by atoms with Crippen LogP contribution in [-0.2, 0) is 9.84 Å². The molecule has 0 amide bonds. The zero-order valence-electron chi connectivity index (χ0n) is 10.9. The predicted octanol–water partition coefficient (Wildman–Crippen LogP) is 0.973. The third-order valence-corrected chi connectivity index (χ3v) is 5.04. The van der Waals surface area contributed by atoms with Crippen molar-refractivity contribution in [2.75, 3.05) is 24.2 Å². The van der Waals surface area contributed by atoms with Gasteiger partial charge in [-0.05, 0) is 37.0 Å². The normalized spacial score (nSPS) is 15.1. The fourth-order valence-corrected chi connectivity index (χ4v) is 3.65. The number of hydrogen-bond donors (Lipinski definition) is 3. The van der Waals surface area contributed by atoms with Gasteiger partial charge in [0.15, 0.2) is 9.84 Å². The van der Waals surface area contributed by atoms with Crippen LogP contribution in [0.3, 0.4) is 0 Å². The summed E-state index contributed by atoms with van der Waals surface area (Å²) in [5.74, 6) is -0.912. The maximum Gasteiger partial charge on any atom is 0.337 e. The molecule has 6 nitrogen and oxygen atoms in total. The summed E-state index contributed by atoms with van der Waals surface area (Å²) in [4.78, 5) is 11.2. The van der Waals surface area contributed by atoms with Crippen LogP contribution >= 0.6 is 0 Å². The molecule has 0 aromatic heterocycles. The highest BCUT2D eigenvalue weighted by molar-refractivity contribution is 7.91. The van der Waals surface area contributed by atoms with Crippen molar-refractivity contribution in [3.05, 3.63) is 23.8 Å². The largest absolute Gasteiger partial charge is 0.478 e. The van der Waals surface area contributed by atoms with Crippen LogP contribution in [0.2, 0.25) is 0 Å². The minimum Gasteiger partial charge on any atom is -0.478 e. The summed E-state index contributed by atoms with van der Waals surface area (Å²) < 4.78 is 24.3. The third-order valence-electron chi connectivity index (χ3n) is 3.16. The van der Waals surface area contributed by atoms with E-state index in [1.165, 1.54) is 18.2 Å². The van der Waals surface area contributed by atoms with E-state index >= 15 is 0 Å². The number of carboxylic acid groups (broad SMARTS) is 1. The Hall–Kier alpha value is -1.60. The Balaban J connectivity index is 2.31. The van der Waals surface area contributed by atoms with Crippen molar-refractivity contribution in [1.82, 2.24) is 0 Å². The number of carbonyl (C=O) groups is 1. The number of carboxylic acids is 1. The number of nitrogens with one attached hydrogen (secondary N) is 1. The first kappa shape index (κ1) is 14.8. The summed E-state index contributed by atoms with van der Waals surface area (Å²) in [6.07, 6.45) is 1.84. The van der Waals surface area contributed by atoms with Crippen molar-refractivity contribution in [3.63, 3.8) is 0 Å². The Morgan fingerprint density at radius 3 is 2.60 bits per heavy atom. The molecule has 0 saturated heterocycles. The molecule has 2 rings (SSSR count). The summed E-state index contributed by atoms with van der Waals surface area (Å²) in [6, 6.07) is 4.02. The maximum absolute atomic E-state index is 12.1. The summed E-state index contributed by atoms with van der Waals surface area (Å²) in [7, 11) is -3.43. The summed E-state index contributed by atoms with van der Waals surface area (Å²) >= 11 is 0. The first-order valence-electron chi connectivity index (χ1n) is 6.39. The van der Waals surface area contributed by atoms with Crippen LogP contribution in [0.15, 0.2) is 23.1 Å². The fraction of sp³-hybridized carbons (Fsp3) is 0.462. The van der Waals surface area contributed by atoms with Gasteiger partial charge in [-0.25, -0.2) is 13.2 Å². The van der Waals surface area contributed by atoms with Gasteiger partial charge in [0.1, 0.15) is 0 Å². The Kier molecular flexibility index (Phi) is 4.29. The Morgan fingerprint density at radius 1 is 1.35 bits per heavy atom. The number of aromatic carboxylic acids is 1. The fourth-order valence-electron chi connectivity index (χ4n) is 1.93. The second-order valence-electron chi connectivity index (χ2n) is 4.89. The lowest BCUT2D eigenvalue weighted by atomic mass is 10.2. The highest BCUT2D eigenvalue weighted by Gasteiger charge is 2.29. The first-order valence-corrected chi connectivity index (χ1v) is 8.04. The smallest absolute Gasteiger partial charge is 0.337 e. The number of hydrogen-bond acceptors (Lipinski definition) is 5. The predicted molar refractivity (Wildman–Crippen MR) is 73.8 cm³/mol. The third kappa shape index (κ3) is 3.49. The monoisotopic (exact) mass is 299 g/mol. The minimum atomic E-state index is -3.43. The van der Waals surface area contributed by atoms with Crippen LogP contribution in [0.5, 0.6) is 0 Å². The van der Waals surface area contributed by atoms with E-state index in [-0.39, 0.29) is 35.3 Å². The quantitative estimate of drug-likeness (QED) is 0.693. The van der Waals surface area contributed by atoms with Crippen LogP contribution in [0, 0.1) is 5.92 Å². The van der Waals surface area contributed by atoms with Gasteiger partial charge in [0, 0.05) is 12.2 Å². The van der Waals surface area contributed by atoms with E-state index in [4.69, 9.17) is 10.2 Å². The highest BCUT2D eigenvalue weighted by atomic mass is 32.2. The van der Waals surface area contributed by atoms with E-state index in [1.807, 2.05) is 0 Å². The maximum atomic E-state index is 12.1. The van der Waals surface area contributed by atoms with Gasteiger partial charge in [-0.15, -0.1) is 0 Å². The lowest BCUT2D eigenvalue weighted by Gasteiger charge is -2.11. The summed E-state index contributed by atoms with van der Waals surface area (Å²) in [5, 5.41) is 20.6. The van der Waals surface area contributed by atoms with E-state index in [9.17, 15) is 13.2 Å². The second-order valence-corrected chi connectivity index (χ2v) is 6.92. The molecule has 1 saturated carbocycles. The molecule has 0 spiro atoms. The number of anilines is 1. The number of sulfone groups is 1. The molecule has 1 aliphatic carbocycles. The van der Waals surface area contributed by atoms with E-state index in [0.717, 1.165) is 12.8 Å². The topological polar surface area (TPSA) is 104 Å². The van der Waals surface area contributed by atoms with Crippen molar-refractivity contribution in [2.45, 2.75) is 17.7 Å². The van der Waals surface area contributed by atoms with Crippen molar-refractivity contribution in [3.8, 4) is 0 Å². The molecular weight excluding hydrogens is 282 g/mol. The van der Waals surface area contributed by atoms with Crippen molar-refractivity contribution in [1.29, 1.82) is 0 Å². The van der Waals surface area contributed by atoms with Crippen LogP contribution in [-0.4, -0.2) is 43.5 Å². The van der Waals surface area contributed by atoms with Gasteiger partial charge in [0.2, 0.25) is 0 Å². The van der Waals surface area contributed by atoms with Gasteiger partial charge < -0.3 is 15.5 Å². The molecule has 0 aliphatic heterocycles. The molecule has 1 aromatic rings. The number of rotatable bonds is 7. The molecule has 0 heterocycles. The average molecular weight is 299 g/mol. The molecule has 0 atom stereocenters. The standard InChI is InChI=1S/C13H17NO5S/c15-6-5-14-12-4-3-10(7-11(12)13(16)17)20(18,19)8-9-1-2-9/h3-4,7,9,14-15H,1-2,5-6,8H2,(H,16,17). The van der Waals surface area contributed by atoms with E-state index < -0.39 is 15.8 Å². The van der Waals surface area contributed by atoms with Crippen molar-refractivity contribution >= 4 is 21.5 Å². The molecule has 0 bridgehead atoms. The van der Waals surface area contributed by atoms with Gasteiger partial charge in [-0.2, -0.15) is 0 Å².